The molecule has 0 radical (unpaired) electrons. The molecule has 2 N–H and O–H groups in total. The number of ether oxygens (including phenoxy) is 2. The number of halogens is 1. The molecule has 0 bridgehead atoms. The van der Waals surface area contributed by atoms with E-state index in [-0.39, 0.29) is 12.4 Å². The van der Waals surface area contributed by atoms with E-state index in [1.165, 1.54) is 24.8 Å². The number of morpholine rings is 1. The number of para-hydroxylation sites is 1. The quantitative estimate of drug-likeness (QED) is 0.774. The molecule has 5 heteroatoms. The second kappa shape index (κ2) is 10.4. The first-order valence-electron chi connectivity index (χ1n) is 9.49. The van der Waals surface area contributed by atoms with Gasteiger partial charge in [-0.3, -0.25) is 0 Å². The van der Waals surface area contributed by atoms with Gasteiger partial charge in [0.05, 0.1) is 19.8 Å². The third-order valence-electron chi connectivity index (χ3n) is 5.14. The maximum Gasteiger partial charge on any atom is 0.123 e. The van der Waals surface area contributed by atoms with Crippen molar-refractivity contribution in [2.24, 2.45) is 11.8 Å². The fraction of sp³-hybridized carbons (Fsp3) is 0.700. The Labute approximate surface area is 158 Å². The van der Waals surface area contributed by atoms with Gasteiger partial charge in [0, 0.05) is 30.7 Å². The smallest absolute Gasteiger partial charge is 0.123 e. The topological polar surface area (TPSA) is 42.5 Å². The summed E-state index contributed by atoms with van der Waals surface area (Å²) in [7, 11) is 0. The molecule has 1 aliphatic carbocycles. The summed E-state index contributed by atoms with van der Waals surface area (Å²) in [5.41, 5.74) is 1.26. The van der Waals surface area contributed by atoms with Crippen LogP contribution >= 0.6 is 12.4 Å². The monoisotopic (exact) mass is 368 g/mol. The van der Waals surface area contributed by atoms with Crippen LogP contribution < -0.4 is 15.4 Å². The van der Waals surface area contributed by atoms with E-state index in [1.807, 2.05) is 0 Å². The van der Waals surface area contributed by atoms with Crippen LogP contribution in [0.3, 0.4) is 0 Å². The Bertz CT molecular complexity index is 506. The molecule has 0 aromatic heterocycles. The highest BCUT2D eigenvalue weighted by molar-refractivity contribution is 5.85. The van der Waals surface area contributed by atoms with Crippen LogP contribution in [-0.4, -0.2) is 38.4 Å². The summed E-state index contributed by atoms with van der Waals surface area (Å²) >= 11 is 0. The average molecular weight is 369 g/mol. The number of nitrogens with one attached hydrogen (secondary N) is 2. The fourth-order valence-corrected chi connectivity index (χ4v) is 3.87. The number of hydrogen-bond acceptors (Lipinski definition) is 4. The summed E-state index contributed by atoms with van der Waals surface area (Å²) in [5.74, 6) is 2.24. The van der Waals surface area contributed by atoms with E-state index in [9.17, 15) is 0 Å². The first kappa shape index (κ1) is 20.5. The van der Waals surface area contributed by atoms with Gasteiger partial charge >= 0.3 is 0 Å². The second-order valence-electron chi connectivity index (χ2n) is 7.53. The van der Waals surface area contributed by atoms with Gasteiger partial charge < -0.3 is 20.1 Å². The molecule has 1 saturated heterocycles. The van der Waals surface area contributed by atoms with E-state index >= 15 is 0 Å². The largest absolute Gasteiger partial charge is 0.493 e. The van der Waals surface area contributed by atoms with Crippen LogP contribution in [0.4, 0.5) is 0 Å². The molecule has 2 aliphatic rings. The Morgan fingerprint density at radius 2 is 2.12 bits per heavy atom. The van der Waals surface area contributed by atoms with Crippen LogP contribution in [0, 0.1) is 11.8 Å². The van der Waals surface area contributed by atoms with Crippen molar-refractivity contribution < 1.29 is 9.47 Å². The van der Waals surface area contributed by atoms with E-state index in [0.29, 0.717) is 23.9 Å². The van der Waals surface area contributed by atoms with Crippen LogP contribution in [-0.2, 0) is 11.3 Å². The minimum atomic E-state index is 0. The van der Waals surface area contributed by atoms with Crippen molar-refractivity contribution in [1.29, 1.82) is 0 Å². The van der Waals surface area contributed by atoms with Crippen molar-refractivity contribution >= 4 is 12.4 Å². The lowest BCUT2D eigenvalue weighted by molar-refractivity contribution is 0.0524. The average Bonchev–Trinajstić information content (AvgIpc) is 3.08. The standard InChI is InChI=1S/C20H32N2O2.ClH/c1-15(2)13-24-20-9-4-3-6-16(20)12-22-18-8-5-7-17(18)19-14-23-11-10-21-19;/h3-4,6,9,15,17-19,21-22H,5,7-8,10-14H2,1-2H3;1H. The lowest BCUT2D eigenvalue weighted by Crippen LogP contribution is -2.50. The maximum absolute atomic E-state index is 5.98. The molecule has 0 amide bonds. The normalized spacial score (nSPS) is 26.4. The molecule has 1 aromatic rings. The van der Waals surface area contributed by atoms with Crippen molar-refractivity contribution in [3.63, 3.8) is 0 Å². The Balaban J connectivity index is 0.00000225. The van der Waals surface area contributed by atoms with Gasteiger partial charge in [-0.25, -0.2) is 0 Å². The summed E-state index contributed by atoms with van der Waals surface area (Å²) in [6.45, 7) is 8.71. The third kappa shape index (κ3) is 5.85. The molecule has 3 rings (SSSR count). The summed E-state index contributed by atoms with van der Waals surface area (Å²) in [4.78, 5) is 0. The van der Waals surface area contributed by atoms with Gasteiger partial charge in [-0.2, -0.15) is 0 Å². The van der Waals surface area contributed by atoms with Gasteiger partial charge in [0.1, 0.15) is 5.75 Å². The molecule has 2 fully saturated rings. The fourth-order valence-electron chi connectivity index (χ4n) is 3.87. The van der Waals surface area contributed by atoms with Gasteiger partial charge in [0.2, 0.25) is 0 Å². The van der Waals surface area contributed by atoms with Crippen molar-refractivity contribution in [2.75, 3.05) is 26.4 Å². The molecule has 1 aliphatic heterocycles. The van der Waals surface area contributed by atoms with E-state index < -0.39 is 0 Å². The lowest BCUT2D eigenvalue weighted by atomic mass is 9.94. The summed E-state index contributed by atoms with van der Waals surface area (Å²) in [5, 5.41) is 7.44. The molecule has 1 heterocycles. The van der Waals surface area contributed by atoms with Gasteiger partial charge in [-0.1, -0.05) is 38.5 Å². The SMILES string of the molecule is CC(C)COc1ccccc1CNC1CCCC1C1COCCN1.Cl. The molecule has 0 spiro atoms. The van der Waals surface area contributed by atoms with Crippen LogP contribution in [0.15, 0.2) is 24.3 Å². The van der Waals surface area contributed by atoms with Crippen LogP contribution in [0.25, 0.3) is 0 Å². The maximum atomic E-state index is 5.98. The molecule has 1 saturated carbocycles. The van der Waals surface area contributed by atoms with Crippen molar-refractivity contribution in [2.45, 2.75) is 51.7 Å². The summed E-state index contributed by atoms with van der Waals surface area (Å²) < 4.78 is 11.7. The minimum Gasteiger partial charge on any atom is -0.493 e. The van der Waals surface area contributed by atoms with E-state index in [4.69, 9.17) is 9.47 Å². The predicted octanol–water partition coefficient (Wildman–Crippen LogP) is 3.39. The van der Waals surface area contributed by atoms with Crippen molar-refractivity contribution in [3.05, 3.63) is 29.8 Å². The Hall–Kier alpha value is -0.810. The minimum absolute atomic E-state index is 0. The zero-order valence-corrected chi connectivity index (χ0v) is 16.3. The van der Waals surface area contributed by atoms with Crippen molar-refractivity contribution in [1.82, 2.24) is 10.6 Å². The zero-order chi connectivity index (χ0) is 16.8. The summed E-state index contributed by atoms with van der Waals surface area (Å²) in [6, 6.07) is 9.49. The highest BCUT2D eigenvalue weighted by Crippen LogP contribution is 2.30. The third-order valence-corrected chi connectivity index (χ3v) is 5.14. The van der Waals surface area contributed by atoms with E-state index in [1.54, 1.807) is 0 Å². The molecular weight excluding hydrogens is 336 g/mol. The zero-order valence-electron chi connectivity index (χ0n) is 15.5. The van der Waals surface area contributed by atoms with Gasteiger partial charge in [-0.05, 0) is 30.7 Å². The molecule has 25 heavy (non-hydrogen) atoms. The van der Waals surface area contributed by atoms with Crippen molar-refractivity contribution in [3.8, 4) is 5.75 Å². The molecule has 1 aromatic carbocycles. The molecule has 3 unspecified atom stereocenters. The first-order valence-corrected chi connectivity index (χ1v) is 9.49. The molecule has 4 nitrogen and oxygen atoms in total. The number of rotatable bonds is 7. The Morgan fingerprint density at radius 1 is 1.28 bits per heavy atom. The van der Waals surface area contributed by atoms with Gasteiger partial charge in [-0.15, -0.1) is 12.4 Å². The second-order valence-corrected chi connectivity index (χ2v) is 7.53. The molecular formula is C20H33ClN2O2. The van der Waals surface area contributed by atoms with Crippen LogP contribution in [0.5, 0.6) is 5.75 Å². The van der Waals surface area contributed by atoms with Gasteiger partial charge in [0.15, 0.2) is 0 Å². The predicted molar refractivity (Wildman–Crippen MR) is 105 cm³/mol. The first-order chi connectivity index (χ1) is 11.7. The van der Waals surface area contributed by atoms with Crippen LogP contribution in [0.2, 0.25) is 0 Å². The lowest BCUT2D eigenvalue weighted by Gasteiger charge is -2.33. The Morgan fingerprint density at radius 3 is 2.88 bits per heavy atom. The number of hydrogen-bond donors (Lipinski definition) is 2. The molecule has 142 valence electrons. The van der Waals surface area contributed by atoms with E-state index in [2.05, 4.69) is 48.7 Å². The molecule has 3 atom stereocenters. The van der Waals surface area contributed by atoms with E-state index in [0.717, 1.165) is 38.7 Å². The highest BCUT2D eigenvalue weighted by atomic mass is 35.5. The summed E-state index contributed by atoms with van der Waals surface area (Å²) in [6.07, 6.45) is 3.87. The Kier molecular flexibility index (Phi) is 8.50. The van der Waals surface area contributed by atoms with Crippen LogP contribution in [0.1, 0.15) is 38.7 Å². The number of benzene rings is 1. The highest BCUT2D eigenvalue weighted by Gasteiger charge is 2.34. The van der Waals surface area contributed by atoms with Gasteiger partial charge in [0.25, 0.3) is 0 Å².